The molecule has 0 radical (unpaired) electrons. The van der Waals surface area contributed by atoms with Crippen molar-refractivity contribution in [3.63, 3.8) is 0 Å². The van der Waals surface area contributed by atoms with E-state index in [9.17, 15) is 8.78 Å². The first-order valence-electron chi connectivity index (χ1n) is 3.25. The van der Waals surface area contributed by atoms with Crippen molar-refractivity contribution in [2.75, 3.05) is 0 Å². The third-order valence-corrected chi connectivity index (χ3v) is 1.45. The lowest BCUT2D eigenvalue weighted by atomic mass is 10.1. The second-order valence-electron chi connectivity index (χ2n) is 2.13. The predicted octanol–water partition coefficient (Wildman–Crippen LogP) is 3.42. The summed E-state index contributed by atoms with van der Waals surface area (Å²) in [5.74, 6) is 0. The van der Waals surface area contributed by atoms with Gasteiger partial charge in [-0.25, -0.2) is 8.78 Å². The Balaban J connectivity index is 0.00000121. The normalized spacial score (nSPS) is 9.25. The third kappa shape index (κ3) is 2.12. The van der Waals surface area contributed by atoms with Gasteiger partial charge in [-0.15, -0.1) is 0 Å². The number of hydrogen-bond donors (Lipinski definition) is 0. The topological polar surface area (TPSA) is 0 Å². The molecule has 0 N–H and O–H groups in total. The smallest absolute Gasteiger partial charge is 0.264 e. The van der Waals surface area contributed by atoms with E-state index in [0.717, 1.165) is 0 Å². The van der Waals surface area contributed by atoms with Crippen LogP contribution in [0.2, 0.25) is 0 Å². The first-order chi connectivity index (χ1) is 5.25. The average molecular weight is 174 g/mol. The lowest BCUT2D eigenvalue weighted by Gasteiger charge is -2.02. The minimum Gasteiger partial charge on any atom is -0.269 e. The van der Waals surface area contributed by atoms with Crippen molar-refractivity contribution in [3.05, 3.63) is 42.0 Å². The molecule has 0 spiro atoms. The first-order valence-corrected chi connectivity index (χ1v) is 3.25. The molecule has 0 atom stereocenters. The minimum atomic E-state index is -2.41. The van der Waals surface area contributed by atoms with Crippen molar-refractivity contribution in [3.8, 4) is 0 Å². The Labute approximate surface area is 68.9 Å². The van der Waals surface area contributed by atoms with Crippen LogP contribution in [-0.2, 0) is 0 Å². The Bertz CT molecular complexity index is 256. The molecule has 0 aliphatic rings. The van der Waals surface area contributed by atoms with E-state index in [1.54, 1.807) is 18.2 Å². The molecule has 0 aromatic heterocycles. The van der Waals surface area contributed by atoms with Gasteiger partial charge in [0.05, 0.1) is 0 Å². The summed E-state index contributed by atoms with van der Waals surface area (Å²) in [7, 11) is 0. The molecule has 66 valence electrons. The summed E-state index contributed by atoms with van der Waals surface area (Å²) in [6, 6.07) is 6.33. The van der Waals surface area contributed by atoms with Crippen molar-refractivity contribution >= 4 is 6.08 Å². The zero-order valence-corrected chi connectivity index (χ0v) is 6.34. The molecule has 0 aliphatic heterocycles. The molecule has 0 saturated carbocycles. The highest BCUT2D eigenvalue weighted by atomic mass is 19.3. The van der Waals surface area contributed by atoms with Crippen LogP contribution in [0.25, 0.3) is 6.08 Å². The van der Waals surface area contributed by atoms with E-state index >= 15 is 0 Å². The van der Waals surface area contributed by atoms with Crippen molar-refractivity contribution in [2.45, 2.75) is 6.43 Å². The average Bonchev–Trinajstić information content (AvgIpc) is 2.04. The van der Waals surface area contributed by atoms with Gasteiger partial charge in [-0.1, -0.05) is 36.9 Å². The van der Waals surface area contributed by atoms with Crippen LogP contribution in [0.1, 0.15) is 17.6 Å². The molecule has 0 saturated heterocycles. The summed E-state index contributed by atoms with van der Waals surface area (Å²) in [4.78, 5) is 0. The van der Waals surface area contributed by atoms with E-state index in [2.05, 4.69) is 6.58 Å². The van der Waals surface area contributed by atoms with Crippen LogP contribution in [0, 0.1) is 0 Å². The fourth-order valence-corrected chi connectivity index (χ4v) is 0.896. The second-order valence-corrected chi connectivity index (χ2v) is 2.13. The largest absolute Gasteiger partial charge is 0.269 e. The van der Waals surface area contributed by atoms with Crippen LogP contribution in [-0.4, -0.2) is 0 Å². The fourth-order valence-electron chi connectivity index (χ4n) is 0.896. The van der Waals surface area contributed by atoms with Crippen LogP contribution < -0.4 is 0 Å². The summed E-state index contributed by atoms with van der Waals surface area (Å²) in [6.45, 7) is 3.44. The molecular weight excluding hydrogens is 165 g/mol. The highest BCUT2D eigenvalue weighted by Crippen LogP contribution is 2.22. The van der Waals surface area contributed by atoms with E-state index in [-0.39, 0.29) is 10.3 Å². The van der Waals surface area contributed by atoms with Crippen molar-refractivity contribution in [2.24, 2.45) is 0 Å². The minimum absolute atomic E-state index is 0. The van der Waals surface area contributed by atoms with E-state index in [0.29, 0.717) is 5.56 Å². The van der Waals surface area contributed by atoms with Gasteiger partial charge < -0.3 is 0 Å². The van der Waals surface area contributed by atoms with Crippen molar-refractivity contribution < 1.29 is 13.5 Å². The van der Waals surface area contributed by atoms with Gasteiger partial charge >= 0.3 is 0 Å². The first kappa shape index (κ1) is 10.8. The zero-order valence-electron chi connectivity index (χ0n) is 6.34. The molecule has 0 heterocycles. The second kappa shape index (κ2) is 4.59. The van der Waals surface area contributed by atoms with Gasteiger partial charge in [-0.3, -0.25) is 4.70 Å². The van der Waals surface area contributed by atoms with Gasteiger partial charge in [-0.05, 0) is 5.56 Å². The molecule has 1 rings (SSSR count). The van der Waals surface area contributed by atoms with Crippen LogP contribution in [0.15, 0.2) is 30.8 Å². The number of benzene rings is 1. The van der Waals surface area contributed by atoms with Crippen molar-refractivity contribution in [1.82, 2.24) is 0 Å². The Morgan fingerprint density at radius 1 is 1.25 bits per heavy atom. The number of rotatable bonds is 2. The molecule has 0 fully saturated rings. The fraction of sp³-hybridized carbons (Fsp3) is 0.111. The number of alkyl halides is 2. The monoisotopic (exact) mass is 174 g/mol. The molecule has 1 aromatic rings. The summed E-state index contributed by atoms with van der Waals surface area (Å²) in [5, 5.41) is 0. The summed E-state index contributed by atoms with van der Waals surface area (Å²) >= 11 is 0. The summed E-state index contributed by atoms with van der Waals surface area (Å²) < 4.78 is 24.3. The van der Waals surface area contributed by atoms with Crippen LogP contribution >= 0.6 is 0 Å². The molecule has 0 nitrogen and oxygen atoms in total. The van der Waals surface area contributed by atoms with Crippen LogP contribution in [0.4, 0.5) is 13.5 Å². The van der Waals surface area contributed by atoms with Gasteiger partial charge in [0.2, 0.25) is 0 Å². The van der Waals surface area contributed by atoms with Gasteiger partial charge in [0.1, 0.15) is 0 Å². The maximum Gasteiger partial charge on any atom is 0.264 e. The van der Waals surface area contributed by atoms with Gasteiger partial charge in [0.15, 0.2) is 0 Å². The molecule has 1 aromatic carbocycles. The standard InChI is InChI=1S/C9H8F2.FH/c1-2-7-5-3-4-6-8(7)9(10)11;/h2-6,9H,1H2;1H. The molecule has 12 heavy (non-hydrogen) atoms. The van der Waals surface area contributed by atoms with E-state index in [1.165, 1.54) is 12.1 Å². The maximum atomic E-state index is 12.2. The lowest BCUT2D eigenvalue weighted by Crippen LogP contribution is -1.87. The van der Waals surface area contributed by atoms with E-state index in [1.807, 2.05) is 0 Å². The molecule has 3 heteroatoms. The zero-order chi connectivity index (χ0) is 8.27. The summed E-state index contributed by atoms with van der Waals surface area (Å²) in [6.07, 6.45) is -0.981. The van der Waals surface area contributed by atoms with E-state index < -0.39 is 6.43 Å². The Kier molecular flexibility index (Phi) is 4.11. The molecular formula is C9H9F3. The predicted molar refractivity (Wildman–Crippen MR) is 44.0 cm³/mol. The number of hydrogen-bond acceptors (Lipinski definition) is 0. The summed E-state index contributed by atoms with van der Waals surface area (Å²) in [5.41, 5.74) is 0.546. The molecule has 0 bridgehead atoms. The third-order valence-electron chi connectivity index (χ3n) is 1.45. The van der Waals surface area contributed by atoms with Gasteiger partial charge in [-0.2, -0.15) is 0 Å². The van der Waals surface area contributed by atoms with E-state index in [4.69, 9.17) is 0 Å². The highest BCUT2D eigenvalue weighted by molar-refractivity contribution is 5.51. The molecule has 0 unspecified atom stereocenters. The highest BCUT2D eigenvalue weighted by Gasteiger charge is 2.08. The molecule has 0 amide bonds. The molecule has 0 aliphatic carbocycles. The Hall–Kier alpha value is -1.25. The SMILES string of the molecule is C=Cc1ccccc1C(F)F.F. The van der Waals surface area contributed by atoms with Crippen LogP contribution in [0.5, 0.6) is 0 Å². The lowest BCUT2D eigenvalue weighted by molar-refractivity contribution is 0.151. The van der Waals surface area contributed by atoms with Gasteiger partial charge in [0.25, 0.3) is 6.43 Å². The van der Waals surface area contributed by atoms with Gasteiger partial charge in [0, 0.05) is 5.56 Å². The van der Waals surface area contributed by atoms with Crippen molar-refractivity contribution in [1.29, 1.82) is 0 Å². The number of halogens is 3. The Morgan fingerprint density at radius 2 is 1.83 bits per heavy atom. The Morgan fingerprint density at radius 3 is 2.25 bits per heavy atom. The quantitative estimate of drug-likeness (QED) is 0.644. The van der Waals surface area contributed by atoms with Crippen LogP contribution in [0.3, 0.4) is 0 Å². The maximum absolute atomic E-state index is 12.2.